The van der Waals surface area contributed by atoms with Crippen molar-refractivity contribution >= 4 is 5.97 Å². The van der Waals surface area contributed by atoms with Gasteiger partial charge >= 0.3 is 5.97 Å². The first kappa shape index (κ1) is 8.49. The van der Waals surface area contributed by atoms with E-state index in [-0.39, 0.29) is 5.56 Å². The van der Waals surface area contributed by atoms with Crippen LogP contribution in [0.25, 0.3) is 11.5 Å². The van der Waals surface area contributed by atoms with Gasteiger partial charge in [0.25, 0.3) is 0 Å². The summed E-state index contributed by atoms with van der Waals surface area (Å²) in [4.78, 5) is 14.8. The molecule has 2 rings (SSSR count). The second-order valence-electron chi connectivity index (χ2n) is 2.83. The molecular weight excluding hydrogens is 184 g/mol. The quantitative estimate of drug-likeness (QED) is 0.726. The second-order valence-corrected chi connectivity index (χ2v) is 2.83. The van der Waals surface area contributed by atoms with Crippen molar-refractivity contribution in [3.63, 3.8) is 0 Å². The number of H-pyrrole nitrogens is 1. The number of carboxylic acids is 1. The smallest absolute Gasteiger partial charge is 0.339 e. The Morgan fingerprint density at radius 3 is 3.00 bits per heavy atom. The van der Waals surface area contributed by atoms with Gasteiger partial charge < -0.3 is 9.67 Å². The Labute approximate surface area is 79.2 Å². The zero-order valence-electron chi connectivity index (χ0n) is 7.43. The highest BCUT2D eigenvalue weighted by atomic mass is 16.4. The van der Waals surface area contributed by atoms with Crippen LogP contribution in [0.1, 0.15) is 10.4 Å². The molecule has 0 unspecified atom stereocenters. The van der Waals surface area contributed by atoms with E-state index in [0.717, 1.165) is 0 Å². The third-order valence-corrected chi connectivity index (χ3v) is 1.91. The fraction of sp³-hybridized carbons (Fsp3) is 0.125. The van der Waals surface area contributed by atoms with Gasteiger partial charge in [-0.05, 0) is 0 Å². The first-order chi connectivity index (χ1) is 6.70. The highest BCUT2D eigenvalue weighted by Gasteiger charge is 2.16. The van der Waals surface area contributed by atoms with Crippen LogP contribution in [0, 0.1) is 0 Å². The molecule has 14 heavy (non-hydrogen) atoms. The minimum Gasteiger partial charge on any atom is -0.478 e. The SMILES string of the molecule is Cn1ccnc1-c1[nH]ncc1C(=O)O. The van der Waals surface area contributed by atoms with E-state index in [9.17, 15) is 4.79 Å². The van der Waals surface area contributed by atoms with E-state index in [0.29, 0.717) is 11.5 Å². The summed E-state index contributed by atoms with van der Waals surface area (Å²) in [7, 11) is 1.79. The third-order valence-electron chi connectivity index (χ3n) is 1.91. The molecule has 2 aromatic rings. The second kappa shape index (κ2) is 2.99. The predicted molar refractivity (Wildman–Crippen MR) is 47.7 cm³/mol. The van der Waals surface area contributed by atoms with Crippen LogP contribution in [0.2, 0.25) is 0 Å². The van der Waals surface area contributed by atoms with E-state index in [1.807, 2.05) is 0 Å². The van der Waals surface area contributed by atoms with Gasteiger partial charge in [-0.3, -0.25) is 5.10 Å². The maximum atomic E-state index is 10.8. The van der Waals surface area contributed by atoms with Gasteiger partial charge in [-0.2, -0.15) is 5.10 Å². The van der Waals surface area contributed by atoms with Gasteiger partial charge in [0.1, 0.15) is 11.3 Å². The Balaban J connectivity index is 2.57. The van der Waals surface area contributed by atoms with Crippen LogP contribution in [0.5, 0.6) is 0 Å². The summed E-state index contributed by atoms with van der Waals surface area (Å²) in [6.45, 7) is 0. The molecule has 6 heteroatoms. The van der Waals surface area contributed by atoms with Crippen LogP contribution in [0.15, 0.2) is 18.6 Å². The summed E-state index contributed by atoms with van der Waals surface area (Å²) in [5.41, 5.74) is 0.546. The Bertz CT molecular complexity index is 471. The number of imidazole rings is 1. The summed E-state index contributed by atoms with van der Waals surface area (Å²) in [5.74, 6) is -0.461. The van der Waals surface area contributed by atoms with Gasteiger partial charge in [-0.15, -0.1) is 0 Å². The number of carboxylic acid groups (broad SMARTS) is 1. The topological polar surface area (TPSA) is 83.8 Å². The number of aromatic amines is 1. The lowest BCUT2D eigenvalue weighted by molar-refractivity contribution is 0.0697. The summed E-state index contributed by atoms with van der Waals surface area (Å²) < 4.78 is 1.72. The summed E-state index contributed by atoms with van der Waals surface area (Å²) in [6.07, 6.45) is 4.61. The highest BCUT2D eigenvalue weighted by molar-refractivity contribution is 5.93. The minimum absolute atomic E-state index is 0.124. The van der Waals surface area contributed by atoms with Gasteiger partial charge in [-0.1, -0.05) is 0 Å². The molecule has 0 atom stereocenters. The number of nitrogens with one attached hydrogen (secondary N) is 1. The van der Waals surface area contributed by atoms with E-state index in [4.69, 9.17) is 5.11 Å². The van der Waals surface area contributed by atoms with E-state index in [2.05, 4.69) is 15.2 Å². The van der Waals surface area contributed by atoms with Crippen LogP contribution in [0.4, 0.5) is 0 Å². The van der Waals surface area contributed by atoms with E-state index < -0.39 is 5.97 Å². The van der Waals surface area contributed by atoms with Gasteiger partial charge in [0.15, 0.2) is 5.82 Å². The Morgan fingerprint density at radius 2 is 2.43 bits per heavy atom. The van der Waals surface area contributed by atoms with Crippen LogP contribution >= 0.6 is 0 Å². The number of carbonyl (C=O) groups is 1. The maximum absolute atomic E-state index is 10.8. The standard InChI is InChI=1S/C8H8N4O2/c1-12-3-2-9-7(12)6-5(8(13)14)4-10-11-6/h2-4H,1H3,(H,10,11)(H,13,14). The monoisotopic (exact) mass is 192 g/mol. The first-order valence-electron chi connectivity index (χ1n) is 3.94. The summed E-state index contributed by atoms with van der Waals surface area (Å²) >= 11 is 0. The molecular formula is C8H8N4O2. The molecule has 0 spiro atoms. The molecule has 0 saturated carbocycles. The fourth-order valence-electron chi connectivity index (χ4n) is 1.23. The van der Waals surface area contributed by atoms with Crippen molar-refractivity contribution in [2.45, 2.75) is 0 Å². The van der Waals surface area contributed by atoms with E-state index in [1.165, 1.54) is 6.20 Å². The average Bonchev–Trinajstić information content (AvgIpc) is 2.70. The number of aromatic carboxylic acids is 1. The molecule has 2 N–H and O–H groups in total. The Kier molecular flexibility index (Phi) is 1.81. The molecule has 0 aliphatic heterocycles. The molecule has 0 radical (unpaired) electrons. The van der Waals surface area contributed by atoms with Gasteiger partial charge in [-0.25, -0.2) is 9.78 Å². The molecule has 0 saturated heterocycles. The van der Waals surface area contributed by atoms with E-state index in [1.54, 1.807) is 24.0 Å². The van der Waals surface area contributed by atoms with Crippen molar-refractivity contribution in [3.05, 3.63) is 24.2 Å². The molecule has 2 heterocycles. The van der Waals surface area contributed by atoms with Crippen LogP contribution in [-0.4, -0.2) is 30.8 Å². The van der Waals surface area contributed by atoms with Crippen molar-refractivity contribution in [1.29, 1.82) is 0 Å². The van der Waals surface area contributed by atoms with Crippen LogP contribution in [0.3, 0.4) is 0 Å². The highest BCUT2D eigenvalue weighted by Crippen LogP contribution is 2.17. The van der Waals surface area contributed by atoms with Crippen molar-refractivity contribution in [2.24, 2.45) is 7.05 Å². The maximum Gasteiger partial charge on any atom is 0.339 e. The van der Waals surface area contributed by atoms with Gasteiger partial charge in [0.2, 0.25) is 0 Å². The zero-order chi connectivity index (χ0) is 10.1. The van der Waals surface area contributed by atoms with Crippen molar-refractivity contribution in [3.8, 4) is 11.5 Å². The molecule has 6 nitrogen and oxygen atoms in total. The Hall–Kier alpha value is -2.11. The number of hydrogen-bond donors (Lipinski definition) is 2. The molecule has 2 aromatic heterocycles. The lowest BCUT2D eigenvalue weighted by atomic mass is 10.2. The molecule has 0 fully saturated rings. The van der Waals surface area contributed by atoms with Gasteiger partial charge in [0.05, 0.1) is 6.20 Å². The molecule has 0 aliphatic rings. The molecule has 0 bridgehead atoms. The normalized spacial score (nSPS) is 10.4. The van der Waals surface area contributed by atoms with Crippen molar-refractivity contribution < 1.29 is 9.90 Å². The third kappa shape index (κ3) is 1.17. The summed E-state index contributed by atoms with van der Waals surface area (Å²) in [5, 5.41) is 15.1. The predicted octanol–water partition coefficient (Wildman–Crippen LogP) is 0.508. The Morgan fingerprint density at radius 1 is 1.64 bits per heavy atom. The molecule has 0 aliphatic carbocycles. The van der Waals surface area contributed by atoms with E-state index >= 15 is 0 Å². The largest absolute Gasteiger partial charge is 0.478 e. The lowest BCUT2D eigenvalue weighted by Crippen LogP contribution is -2.00. The minimum atomic E-state index is -1.02. The van der Waals surface area contributed by atoms with Gasteiger partial charge in [0, 0.05) is 19.4 Å². The van der Waals surface area contributed by atoms with Crippen LogP contribution < -0.4 is 0 Å². The van der Waals surface area contributed by atoms with Crippen LogP contribution in [-0.2, 0) is 7.05 Å². The molecule has 72 valence electrons. The number of nitrogens with zero attached hydrogens (tertiary/aromatic N) is 3. The first-order valence-corrected chi connectivity index (χ1v) is 3.94. The number of aryl methyl sites for hydroxylation is 1. The molecule has 0 amide bonds. The zero-order valence-corrected chi connectivity index (χ0v) is 7.43. The lowest BCUT2D eigenvalue weighted by Gasteiger charge is -1.98. The average molecular weight is 192 g/mol. The van der Waals surface area contributed by atoms with Crippen molar-refractivity contribution in [1.82, 2.24) is 19.7 Å². The van der Waals surface area contributed by atoms with Crippen molar-refractivity contribution in [2.75, 3.05) is 0 Å². The number of hydrogen-bond acceptors (Lipinski definition) is 3. The number of rotatable bonds is 2. The fourth-order valence-corrected chi connectivity index (χ4v) is 1.23. The number of aromatic nitrogens is 4. The molecule has 0 aromatic carbocycles. The summed E-state index contributed by atoms with van der Waals surface area (Å²) in [6, 6.07) is 0.